The summed E-state index contributed by atoms with van der Waals surface area (Å²) in [4.78, 5) is 29.4. The van der Waals surface area contributed by atoms with E-state index in [0.717, 1.165) is 10.4 Å². The molecule has 0 unspecified atom stereocenters. The maximum Gasteiger partial charge on any atom is 0.266 e. The van der Waals surface area contributed by atoms with Crippen molar-refractivity contribution in [3.05, 3.63) is 76.8 Å². The molecule has 0 aliphatic carbocycles. The largest absolute Gasteiger partial charge is 0.313 e. The van der Waals surface area contributed by atoms with Crippen LogP contribution in [0.3, 0.4) is 0 Å². The van der Waals surface area contributed by atoms with Crippen LogP contribution < -0.4 is 14.8 Å². The molecule has 3 aromatic rings. The van der Waals surface area contributed by atoms with Gasteiger partial charge in [0.25, 0.3) is 5.56 Å². The Balaban J connectivity index is 2.01. The van der Waals surface area contributed by atoms with E-state index in [0.29, 0.717) is 14.8 Å². The first-order valence-electron chi connectivity index (χ1n) is 7.12. The van der Waals surface area contributed by atoms with E-state index in [1.165, 1.54) is 22.3 Å². The highest BCUT2D eigenvalue weighted by molar-refractivity contribution is 7.13. The summed E-state index contributed by atoms with van der Waals surface area (Å²) in [5, 5.41) is 0. The van der Waals surface area contributed by atoms with Gasteiger partial charge in [-0.2, -0.15) is 0 Å². The number of thiophene rings is 1. The van der Waals surface area contributed by atoms with Gasteiger partial charge in [-0.1, -0.05) is 24.3 Å². The second-order valence-electron chi connectivity index (χ2n) is 5.20. The van der Waals surface area contributed by atoms with Gasteiger partial charge in [0.1, 0.15) is 0 Å². The van der Waals surface area contributed by atoms with Crippen LogP contribution in [0, 0.1) is 13.8 Å². The van der Waals surface area contributed by atoms with Gasteiger partial charge in [-0.3, -0.25) is 9.59 Å². The fraction of sp³-hybridized carbons (Fsp3) is 0.111. The fourth-order valence-electron chi connectivity index (χ4n) is 2.23. The predicted molar refractivity (Wildman–Crippen MR) is 96.8 cm³/mol. The zero-order valence-electron chi connectivity index (χ0n) is 12.8. The first-order valence-corrected chi connectivity index (χ1v) is 8.75. The van der Waals surface area contributed by atoms with E-state index in [9.17, 15) is 9.59 Å². The van der Waals surface area contributed by atoms with Gasteiger partial charge in [0.15, 0.2) is 5.78 Å². The molecule has 116 valence electrons. The van der Waals surface area contributed by atoms with Gasteiger partial charge in [0, 0.05) is 21.4 Å². The smallest absolute Gasteiger partial charge is 0.266 e. The number of nitrogens with one attached hydrogen (secondary N) is 1. The van der Waals surface area contributed by atoms with E-state index >= 15 is 0 Å². The van der Waals surface area contributed by atoms with Crippen LogP contribution in [0.2, 0.25) is 0 Å². The molecule has 0 aliphatic rings. The highest BCUT2D eigenvalue weighted by Gasteiger charge is 2.06. The van der Waals surface area contributed by atoms with E-state index in [1.54, 1.807) is 17.4 Å². The molecule has 0 saturated heterocycles. The summed E-state index contributed by atoms with van der Waals surface area (Å²) in [7, 11) is 0. The lowest BCUT2D eigenvalue weighted by Crippen LogP contribution is -2.19. The van der Waals surface area contributed by atoms with Crippen molar-refractivity contribution < 1.29 is 4.79 Å². The van der Waals surface area contributed by atoms with Crippen molar-refractivity contribution in [3.63, 3.8) is 0 Å². The number of hydrogen-bond acceptors (Lipinski definition) is 4. The number of aromatic nitrogens is 1. The van der Waals surface area contributed by atoms with Crippen molar-refractivity contribution in [2.24, 2.45) is 0 Å². The number of aromatic amines is 1. The summed E-state index contributed by atoms with van der Waals surface area (Å²) in [6, 6.07) is 11.4. The van der Waals surface area contributed by atoms with Crippen LogP contribution in [-0.4, -0.2) is 10.8 Å². The number of carbonyl (C=O) groups is 1. The lowest BCUT2D eigenvalue weighted by molar-refractivity contribution is 0.106. The minimum Gasteiger partial charge on any atom is -0.313 e. The predicted octanol–water partition coefficient (Wildman–Crippen LogP) is 2.61. The molecule has 0 bridgehead atoms. The number of benzene rings is 1. The van der Waals surface area contributed by atoms with Crippen molar-refractivity contribution in [2.45, 2.75) is 13.8 Å². The van der Waals surface area contributed by atoms with Gasteiger partial charge >= 0.3 is 0 Å². The maximum atomic E-state index is 12.3. The first kappa shape index (κ1) is 15.6. The number of aryl methyl sites for hydroxylation is 2. The lowest BCUT2D eigenvalue weighted by atomic mass is 10.1. The van der Waals surface area contributed by atoms with Crippen LogP contribution in [0.1, 0.15) is 25.7 Å². The summed E-state index contributed by atoms with van der Waals surface area (Å²) in [6.45, 7) is 3.93. The quantitative estimate of drug-likeness (QED) is 0.745. The Kier molecular flexibility index (Phi) is 4.41. The minimum absolute atomic E-state index is 0.0980. The summed E-state index contributed by atoms with van der Waals surface area (Å²) in [5.41, 5.74) is 1.42. The van der Waals surface area contributed by atoms with E-state index in [-0.39, 0.29) is 11.3 Å². The normalized spacial score (nSPS) is 12.8. The molecule has 0 atom stereocenters. The number of Topliss-reactive ketones (excluding diaryl/α,β-unsaturated/α-hetero) is 1. The summed E-state index contributed by atoms with van der Waals surface area (Å²) >= 11 is 2.93. The molecule has 0 saturated carbocycles. The van der Waals surface area contributed by atoms with Gasteiger partial charge < -0.3 is 4.98 Å². The Labute approximate surface area is 141 Å². The number of H-pyrrole nitrogens is 1. The number of carbonyl (C=O) groups excluding carboxylic acids is 1. The summed E-state index contributed by atoms with van der Waals surface area (Å²) in [5.74, 6) is -0.0980. The second kappa shape index (κ2) is 6.48. The van der Waals surface area contributed by atoms with Crippen molar-refractivity contribution in [1.82, 2.24) is 4.98 Å². The van der Waals surface area contributed by atoms with Crippen LogP contribution in [0.4, 0.5) is 0 Å². The average molecular weight is 341 g/mol. The van der Waals surface area contributed by atoms with Gasteiger partial charge in [0.05, 0.1) is 9.20 Å². The van der Waals surface area contributed by atoms with E-state index < -0.39 is 0 Å². The molecule has 0 spiro atoms. The first-order chi connectivity index (χ1) is 11.0. The van der Waals surface area contributed by atoms with Gasteiger partial charge in [-0.25, -0.2) is 0 Å². The minimum atomic E-state index is -0.162. The molecule has 1 N–H and O–H groups in total. The van der Waals surface area contributed by atoms with Gasteiger partial charge in [-0.05, 0) is 37.6 Å². The number of hydrogen-bond donors (Lipinski definition) is 1. The van der Waals surface area contributed by atoms with E-state index in [2.05, 4.69) is 4.98 Å². The Morgan fingerprint density at radius 3 is 2.57 bits per heavy atom. The highest BCUT2D eigenvalue weighted by Crippen LogP contribution is 2.15. The number of rotatable bonds is 3. The van der Waals surface area contributed by atoms with Crippen molar-refractivity contribution >= 4 is 40.6 Å². The third-order valence-electron chi connectivity index (χ3n) is 3.39. The molecule has 0 fully saturated rings. The Bertz CT molecular complexity index is 1040. The Morgan fingerprint density at radius 2 is 1.87 bits per heavy atom. The zero-order valence-corrected chi connectivity index (χ0v) is 14.4. The molecule has 0 amide bonds. The average Bonchev–Trinajstić information content (AvgIpc) is 3.06. The lowest BCUT2D eigenvalue weighted by Gasteiger charge is -1.99. The van der Waals surface area contributed by atoms with Crippen LogP contribution in [0.5, 0.6) is 0 Å². The summed E-state index contributed by atoms with van der Waals surface area (Å²) in [6.07, 6.45) is 3.35. The topological polar surface area (TPSA) is 49.9 Å². The van der Waals surface area contributed by atoms with Crippen LogP contribution in [0.15, 0.2) is 41.2 Å². The Hall–Kier alpha value is -2.24. The maximum absolute atomic E-state index is 12.3. The van der Waals surface area contributed by atoms with Crippen LogP contribution >= 0.6 is 22.7 Å². The standard InChI is InChI=1S/C18H15NO2S2/c1-11-5-3-4-6-14(11)15(20)10-17-19-18(21)16(23-17)9-13-8-7-12(2)22-13/h3-10H,1-2H3,(H,19,21)/b16-9-,17-10-. The highest BCUT2D eigenvalue weighted by atomic mass is 32.1. The number of thiazole rings is 1. The van der Waals surface area contributed by atoms with Crippen molar-refractivity contribution in [1.29, 1.82) is 0 Å². The van der Waals surface area contributed by atoms with E-state index in [4.69, 9.17) is 0 Å². The van der Waals surface area contributed by atoms with Gasteiger partial charge in [0.2, 0.25) is 0 Å². The fourth-order valence-corrected chi connectivity index (χ4v) is 4.00. The second-order valence-corrected chi connectivity index (χ2v) is 7.60. The molecule has 1 aromatic carbocycles. The third-order valence-corrected chi connectivity index (χ3v) is 5.30. The molecule has 3 nitrogen and oxygen atoms in total. The Morgan fingerprint density at radius 1 is 1.09 bits per heavy atom. The zero-order chi connectivity index (χ0) is 16.4. The molecule has 0 aliphatic heterocycles. The summed E-state index contributed by atoms with van der Waals surface area (Å²) < 4.78 is 1.18. The SMILES string of the molecule is Cc1ccc(/C=c2\s/c(=C\C(=O)c3ccccc3C)[nH]c2=O)s1. The van der Waals surface area contributed by atoms with Crippen LogP contribution in [-0.2, 0) is 0 Å². The molecule has 2 heterocycles. The van der Waals surface area contributed by atoms with Gasteiger partial charge in [-0.15, -0.1) is 22.7 Å². The third kappa shape index (κ3) is 3.57. The molecule has 0 radical (unpaired) electrons. The molecule has 3 rings (SSSR count). The monoisotopic (exact) mass is 341 g/mol. The molecule has 5 heteroatoms. The number of ketones is 1. The van der Waals surface area contributed by atoms with Crippen molar-refractivity contribution in [2.75, 3.05) is 0 Å². The molecule has 2 aromatic heterocycles. The molecule has 23 heavy (non-hydrogen) atoms. The molecular weight excluding hydrogens is 326 g/mol. The molecular formula is C18H15NO2S2. The van der Waals surface area contributed by atoms with E-state index in [1.807, 2.05) is 50.3 Å². The van der Waals surface area contributed by atoms with Crippen molar-refractivity contribution in [3.8, 4) is 0 Å². The van der Waals surface area contributed by atoms with Crippen LogP contribution in [0.25, 0.3) is 12.2 Å².